The van der Waals surface area contributed by atoms with Crippen LogP contribution < -0.4 is 20.1 Å². The van der Waals surface area contributed by atoms with Crippen molar-refractivity contribution in [2.75, 3.05) is 25.5 Å². The molecule has 1 saturated heterocycles. The summed E-state index contributed by atoms with van der Waals surface area (Å²) in [6.07, 6.45) is 2.44. The van der Waals surface area contributed by atoms with Crippen molar-refractivity contribution in [3.05, 3.63) is 84.9 Å². The Morgan fingerprint density at radius 3 is 2.38 bits per heavy atom. The van der Waals surface area contributed by atoms with Gasteiger partial charge in [-0.1, -0.05) is 42.5 Å². The SMILES string of the molecule is COc1ccc(Oc2cc(-c3ccc4ccccc4c3)ccc2NC[C@@H]2CCCN2)cc1. The first-order valence-corrected chi connectivity index (χ1v) is 11.2. The van der Waals surface area contributed by atoms with Crippen LogP contribution >= 0.6 is 0 Å². The summed E-state index contributed by atoms with van der Waals surface area (Å²) in [5.41, 5.74) is 3.30. The predicted molar refractivity (Wildman–Crippen MR) is 132 cm³/mol. The van der Waals surface area contributed by atoms with Gasteiger partial charge in [-0.2, -0.15) is 0 Å². The molecule has 2 N–H and O–H groups in total. The van der Waals surface area contributed by atoms with Gasteiger partial charge in [0.1, 0.15) is 11.5 Å². The lowest BCUT2D eigenvalue weighted by atomic mass is 10.0. The summed E-state index contributed by atoms with van der Waals surface area (Å²) in [5.74, 6) is 2.41. The molecule has 0 radical (unpaired) electrons. The van der Waals surface area contributed by atoms with Crippen LogP contribution in [0.25, 0.3) is 21.9 Å². The van der Waals surface area contributed by atoms with Crippen LogP contribution in [-0.4, -0.2) is 26.2 Å². The number of nitrogens with one attached hydrogen (secondary N) is 2. The minimum Gasteiger partial charge on any atom is -0.497 e. The summed E-state index contributed by atoms with van der Waals surface area (Å²) >= 11 is 0. The summed E-state index contributed by atoms with van der Waals surface area (Å²) in [6.45, 7) is 1.98. The van der Waals surface area contributed by atoms with Crippen molar-refractivity contribution in [3.63, 3.8) is 0 Å². The molecule has 0 unspecified atom stereocenters. The smallest absolute Gasteiger partial charge is 0.151 e. The van der Waals surface area contributed by atoms with Crippen LogP contribution in [0.2, 0.25) is 0 Å². The molecule has 32 heavy (non-hydrogen) atoms. The van der Waals surface area contributed by atoms with Gasteiger partial charge in [-0.3, -0.25) is 0 Å². The fourth-order valence-electron chi connectivity index (χ4n) is 4.24. The minimum absolute atomic E-state index is 0.504. The van der Waals surface area contributed by atoms with E-state index in [1.165, 1.54) is 29.2 Å². The molecule has 162 valence electrons. The third kappa shape index (κ3) is 4.56. The van der Waals surface area contributed by atoms with Crippen molar-refractivity contribution in [1.82, 2.24) is 5.32 Å². The number of hydrogen-bond donors (Lipinski definition) is 2. The van der Waals surface area contributed by atoms with Gasteiger partial charge in [0.15, 0.2) is 5.75 Å². The van der Waals surface area contributed by atoms with Gasteiger partial charge in [0.25, 0.3) is 0 Å². The maximum absolute atomic E-state index is 6.34. The van der Waals surface area contributed by atoms with E-state index in [0.29, 0.717) is 6.04 Å². The quantitative estimate of drug-likeness (QED) is 0.357. The molecule has 5 rings (SSSR count). The Bertz CT molecular complexity index is 1200. The molecule has 1 fully saturated rings. The number of anilines is 1. The van der Waals surface area contributed by atoms with E-state index in [1.807, 2.05) is 24.3 Å². The average molecular weight is 425 g/mol. The number of ether oxygens (including phenoxy) is 2. The zero-order valence-corrected chi connectivity index (χ0v) is 18.3. The number of fused-ring (bicyclic) bond motifs is 1. The average Bonchev–Trinajstić information content (AvgIpc) is 3.37. The number of hydrogen-bond acceptors (Lipinski definition) is 4. The summed E-state index contributed by atoms with van der Waals surface area (Å²) < 4.78 is 11.6. The zero-order chi connectivity index (χ0) is 21.8. The largest absolute Gasteiger partial charge is 0.497 e. The van der Waals surface area contributed by atoms with Gasteiger partial charge >= 0.3 is 0 Å². The van der Waals surface area contributed by atoms with Crippen molar-refractivity contribution in [1.29, 1.82) is 0 Å². The number of benzene rings is 4. The Labute approximate surface area is 189 Å². The minimum atomic E-state index is 0.504. The Morgan fingerprint density at radius 2 is 1.59 bits per heavy atom. The highest BCUT2D eigenvalue weighted by molar-refractivity contribution is 5.87. The van der Waals surface area contributed by atoms with Gasteiger partial charge in [0.05, 0.1) is 12.8 Å². The standard InChI is InChI=1S/C28H28N2O2/c1-31-25-11-13-26(14-12-25)32-28-18-23(10-15-27(28)30-19-24-7-4-16-29-24)22-9-8-20-5-2-3-6-21(20)17-22/h2-3,5-6,8-15,17-18,24,29-30H,4,7,16,19H2,1H3/t24-/m0/s1. The lowest BCUT2D eigenvalue weighted by Gasteiger charge is -2.17. The first-order valence-electron chi connectivity index (χ1n) is 11.2. The highest BCUT2D eigenvalue weighted by Gasteiger charge is 2.15. The molecular formula is C28H28N2O2. The van der Waals surface area contributed by atoms with Gasteiger partial charge < -0.3 is 20.1 Å². The van der Waals surface area contributed by atoms with Gasteiger partial charge in [-0.05, 0) is 83.8 Å². The molecular weight excluding hydrogens is 396 g/mol. The van der Waals surface area contributed by atoms with E-state index in [1.54, 1.807) is 7.11 Å². The van der Waals surface area contributed by atoms with Crippen molar-refractivity contribution >= 4 is 16.5 Å². The van der Waals surface area contributed by atoms with E-state index in [9.17, 15) is 0 Å². The molecule has 0 spiro atoms. The molecule has 0 amide bonds. The molecule has 4 nitrogen and oxygen atoms in total. The second kappa shape index (κ2) is 9.33. The van der Waals surface area contributed by atoms with Crippen molar-refractivity contribution in [3.8, 4) is 28.4 Å². The molecule has 0 saturated carbocycles. The third-order valence-corrected chi connectivity index (χ3v) is 6.05. The lowest BCUT2D eigenvalue weighted by molar-refractivity contribution is 0.413. The van der Waals surface area contributed by atoms with Crippen molar-refractivity contribution in [2.24, 2.45) is 0 Å². The summed E-state index contributed by atoms with van der Waals surface area (Å²) in [5, 5.41) is 9.62. The summed E-state index contributed by atoms with van der Waals surface area (Å²) in [7, 11) is 1.67. The van der Waals surface area contributed by atoms with Gasteiger partial charge in [0.2, 0.25) is 0 Å². The zero-order valence-electron chi connectivity index (χ0n) is 18.3. The Morgan fingerprint density at radius 1 is 0.844 bits per heavy atom. The normalized spacial score (nSPS) is 15.6. The molecule has 0 bridgehead atoms. The van der Waals surface area contributed by atoms with Gasteiger partial charge in [-0.25, -0.2) is 0 Å². The van der Waals surface area contributed by atoms with Crippen LogP contribution in [-0.2, 0) is 0 Å². The number of methoxy groups -OCH3 is 1. The maximum Gasteiger partial charge on any atom is 0.151 e. The molecule has 4 heteroatoms. The van der Waals surface area contributed by atoms with Crippen LogP contribution in [0.5, 0.6) is 17.2 Å². The highest BCUT2D eigenvalue weighted by atomic mass is 16.5. The van der Waals surface area contributed by atoms with E-state index in [4.69, 9.17) is 9.47 Å². The molecule has 0 aliphatic carbocycles. The van der Waals surface area contributed by atoms with E-state index in [2.05, 4.69) is 71.3 Å². The summed E-state index contributed by atoms with van der Waals surface area (Å²) in [6, 6.07) is 29.6. The first-order chi connectivity index (χ1) is 15.8. The molecule has 0 aromatic heterocycles. The molecule has 1 heterocycles. The highest BCUT2D eigenvalue weighted by Crippen LogP contribution is 2.35. The topological polar surface area (TPSA) is 42.5 Å². The second-order valence-corrected chi connectivity index (χ2v) is 8.22. The van der Waals surface area contributed by atoms with E-state index in [-0.39, 0.29) is 0 Å². The molecule has 1 aliphatic heterocycles. The Balaban J connectivity index is 1.46. The lowest BCUT2D eigenvalue weighted by Crippen LogP contribution is -2.29. The molecule has 4 aromatic carbocycles. The van der Waals surface area contributed by atoms with Crippen LogP contribution in [0.3, 0.4) is 0 Å². The molecule has 1 atom stereocenters. The first kappa shape index (κ1) is 20.4. The fraction of sp³-hybridized carbons (Fsp3) is 0.214. The maximum atomic E-state index is 6.34. The van der Waals surface area contributed by atoms with Crippen molar-refractivity contribution in [2.45, 2.75) is 18.9 Å². The Kier molecular flexibility index (Phi) is 5.95. The van der Waals surface area contributed by atoms with Crippen molar-refractivity contribution < 1.29 is 9.47 Å². The molecule has 4 aromatic rings. The van der Waals surface area contributed by atoms with E-state index < -0.39 is 0 Å². The Hall–Kier alpha value is -3.50. The van der Waals surface area contributed by atoms with E-state index in [0.717, 1.165) is 41.6 Å². The number of rotatable bonds is 7. The van der Waals surface area contributed by atoms with Gasteiger partial charge in [-0.15, -0.1) is 0 Å². The van der Waals surface area contributed by atoms with Crippen LogP contribution in [0, 0.1) is 0 Å². The third-order valence-electron chi connectivity index (χ3n) is 6.05. The van der Waals surface area contributed by atoms with Crippen LogP contribution in [0.15, 0.2) is 84.9 Å². The summed E-state index contributed by atoms with van der Waals surface area (Å²) in [4.78, 5) is 0. The van der Waals surface area contributed by atoms with Crippen LogP contribution in [0.4, 0.5) is 5.69 Å². The predicted octanol–water partition coefficient (Wildman–Crippen LogP) is 6.47. The van der Waals surface area contributed by atoms with Gasteiger partial charge in [0, 0.05) is 12.6 Å². The fourth-order valence-corrected chi connectivity index (χ4v) is 4.24. The molecule has 1 aliphatic rings. The second-order valence-electron chi connectivity index (χ2n) is 8.22. The van der Waals surface area contributed by atoms with Crippen LogP contribution in [0.1, 0.15) is 12.8 Å². The monoisotopic (exact) mass is 424 g/mol. The van der Waals surface area contributed by atoms with E-state index >= 15 is 0 Å².